The van der Waals surface area contributed by atoms with E-state index in [1.54, 1.807) is 0 Å². The zero-order valence-electron chi connectivity index (χ0n) is 11.3. The van der Waals surface area contributed by atoms with E-state index >= 15 is 0 Å². The summed E-state index contributed by atoms with van der Waals surface area (Å²) < 4.78 is 0. The van der Waals surface area contributed by atoms with Gasteiger partial charge in [0.15, 0.2) is 0 Å². The highest BCUT2D eigenvalue weighted by Gasteiger charge is 2.19. The van der Waals surface area contributed by atoms with Crippen LogP contribution in [-0.2, 0) is 5.41 Å². The Kier molecular flexibility index (Phi) is 7.11. The molecule has 1 aliphatic rings. The first-order valence-corrected chi connectivity index (χ1v) is 6.13. The maximum atomic E-state index is 4.50. The molecule has 0 aliphatic carbocycles. The predicted molar refractivity (Wildman–Crippen MR) is 79.8 cm³/mol. The van der Waals surface area contributed by atoms with Crippen LogP contribution in [0.25, 0.3) is 0 Å². The molecule has 0 amide bonds. The van der Waals surface area contributed by atoms with Crippen molar-refractivity contribution in [3.63, 3.8) is 0 Å². The van der Waals surface area contributed by atoms with Gasteiger partial charge in [-0.3, -0.25) is 0 Å². The maximum Gasteiger partial charge on any atom is 0.145 e. The second kappa shape index (κ2) is 7.27. The second-order valence-electron chi connectivity index (χ2n) is 5.58. The van der Waals surface area contributed by atoms with E-state index in [2.05, 4.69) is 36.1 Å². The number of piperidine rings is 1. The van der Waals surface area contributed by atoms with Gasteiger partial charge in [0, 0.05) is 12.4 Å². The molecule has 0 saturated carbocycles. The largest absolute Gasteiger partial charge is 0.307 e. The van der Waals surface area contributed by atoms with E-state index in [9.17, 15) is 0 Å². The smallest absolute Gasteiger partial charge is 0.145 e. The number of rotatable bonds is 1. The molecule has 1 unspecified atom stereocenters. The highest BCUT2D eigenvalue weighted by Crippen LogP contribution is 2.23. The van der Waals surface area contributed by atoms with E-state index in [4.69, 9.17) is 0 Å². The average molecular weight is 292 g/mol. The van der Waals surface area contributed by atoms with Gasteiger partial charge in [-0.1, -0.05) is 27.2 Å². The fourth-order valence-corrected chi connectivity index (χ4v) is 1.98. The fourth-order valence-electron chi connectivity index (χ4n) is 1.98. The first-order valence-electron chi connectivity index (χ1n) is 6.13. The third-order valence-electron chi connectivity index (χ3n) is 3.16. The molecule has 2 rings (SSSR count). The van der Waals surface area contributed by atoms with E-state index in [0.717, 1.165) is 18.8 Å². The Morgan fingerprint density at radius 3 is 2.17 bits per heavy atom. The number of halogens is 2. The Balaban J connectivity index is 0.00000144. The van der Waals surface area contributed by atoms with Gasteiger partial charge in [0.2, 0.25) is 0 Å². The summed E-state index contributed by atoms with van der Waals surface area (Å²) in [6.07, 6.45) is 7.66. The van der Waals surface area contributed by atoms with Crippen LogP contribution in [0.5, 0.6) is 0 Å². The summed E-state index contributed by atoms with van der Waals surface area (Å²) in [6.45, 7) is 7.65. The van der Waals surface area contributed by atoms with E-state index in [1.165, 1.54) is 18.4 Å². The molecule has 1 aromatic heterocycles. The summed E-state index contributed by atoms with van der Waals surface area (Å²) in [6, 6.07) is 0.364. The van der Waals surface area contributed by atoms with Crippen molar-refractivity contribution in [3.05, 3.63) is 23.8 Å². The van der Waals surface area contributed by atoms with Gasteiger partial charge in [-0.2, -0.15) is 0 Å². The van der Waals surface area contributed by atoms with E-state index in [1.807, 2.05) is 12.4 Å². The molecule has 0 bridgehead atoms. The molecule has 18 heavy (non-hydrogen) atoms. The van der Waals surface area contributed by atoms with Gasteiger partial charge in [0.05, 0.1) is 6.04 Å². The van der Waals surface area contributed by atoms with Gasteiger partial charge >= 0.3 is 0 Å². The molecule has 1 fully saturated rings. The summed E-state index contributed by atoms with van der Waals surface area (Å²) in [4.78, 5) is 8.99. The van der Waals surface area contributed by atoms with Gasteiger partial charge in [-0.05, 0) is 30.4 Å². The molecular formula is C13H23Cl2N3. The molecule has 2 heterocycles. The first kappa shape index (κ1) is 17.6. The lowest BCUT2D eigenvalue weighted by molar-refractivity contribution is 0.396. The van der Waals surface area contributed by atoms with Crippen LogP contribution in [0, 0.1) is 0 Å². The molecule has 0 aromatic carbocycles. The molecule has 1 aliphatic heterocycles. The lowest BCUT2D eigenvalue weighted by Gasteiger charge is -2.23. The minimum atomic E-state index is 0. The highest BCUT2D eigenvalue weighted by molar-refractivity contribution is 5.85. The third-order valence-corrected chi connectivity index (χ3v) is 3.16. The van der Waals surface area contributed by atoms with Gasteiger partial charge in [-0.25, -0.2) is 9.97 Å². The van der Waals surface area contributed by atoms with Gasteiger partial charge in [0.1, 0.15) is 5.82 Å². The second-order valence-corrected chi connectivity index (χ2v) is 5.58. The number of nitrogens with zero attached hydrogens (tertiary/aromatic N) is 2. The van der Waals surface area contributed by atoms with Gasteiger partial charge in [0.25, 0.3) is 0 Å². The summed E-state index contributed by atoms with van der Waals surface area (Å²) >= 11 is 0. The third kappa shape index (κ3) is 4.38. The van der Waals surface area contributed by atoms with Crippen LogP contribution in [0.1, 0.15) is 57.5 Å². The van der Waals surface area contributed by atoms with Crippen LogP contribution in [-0.4, -0.2) is 16.5 Å². The molecule has 5 heteroatoms. The van der Waals surface area contributed by atoms with Crippen LogP contribution >= 0.6 is 24.8 Å². The van der Waals surface area contributed by atoms with Crippen molar-refractivity contribution in [1.29, 1.82) is 0 Å². The van der Waals surface area contributed by atoms with Crippen LogP contribution in [0.3, 0.4) is 0 Å². The normalized spacial score (nSPS) is 19.6. The number of aromatic nitrogens is 2. The van der Waals surface area contributed by atoms with Gasteiger partial charge < -0.3 is 5.32 Å². The maximum absolute atomic E-state index is 4.50. The monoisotopic (exact) mass is 291 g/mol. The van der Waals surface area contributed by atoms with Crippen LogP contribution in [0.15, 0.2) is 12.4 Å². The van der Waals surface area contributed by atoms with Crippen molar-refractivity contribution in [2.75, 3.05) is 6.54 Å². The Hall–Kier alpha value is -0.380. The molecule has 1 N–H and O–H groups in total. The molecule has 104 valence electrons. The molecule has 3 nitrogen and oxygen atoms in total. The minimum Gasteiger partial charge on any atom is -0.307 e. The van der Waals surface area contributed by atoms with Crippen LogP contribution in [0.2, 0.25) is 0 Å². The SMILES string of the molecule is CC(C)(C)c1cnc(C2CCCCN2)nc1.Cl.Cl. The van der Waals surface area contributed by atoms with E-state index in [0.29, 0.717) is 6.04 Å². The highest BCUT2D eigenvalue weighted by atomic mass is 35.5. The summed E-state index contributed by atoms with van der Waals surface area (Å²) in [7, 11) is 0. The predicted octanol–water partition coefficient (Wildman–Crippen LogP) is 3.43. The van der Waals surface area contributed by atoms with Crippen molar-refractivity contribution in [1.82, 2.24) is 15.3 Å². The number of hydrogen-bond donors (Lipinski definition) is 1. The summed E-state index contributed by atoms with van der Waals surface area (Å²) in [5.41, 5.74) is 1.34. The quantitative estimate of drug-likeness (QED) is 0.861. The van der Waals surface area contributed by atoms with E-state index in [-0.39, 0.29) is 30.2 Å². The number of nitrogens with one attached hydrogen (secondary N) is 1. The van der Waals surface area contributed by atoms with Crippen LogP contribution < -0.4 is 5.32 Å². The summed E-state index contributed by atoms with van der Waals surface area (Å²) in [5.74, 6) is 0.952. The molecule has 1 atom stereocenters. The van der Waals surface area contributed by atoms with Crippen molar-refractivity contribution in [3.8, 4) is 0 Å². The van der Waals surface area contributed by atoms with Gasteiger partial charge in [-0.15, -0.1) is 24.8 Å². The average Bonchev–Trinajstić information content (AvgIpc) is 2.29. The summed E-state index contributed by atoms with van der Waals surface area (Å²) in [5, 5.41) is 3.47. The fraction of sp³-hybridized carbons (Fsp3) is 0.692. The topological polar surface area (TPSA) is 37.8 Å². The molecular weight excluding hydrogens is 269 g/mol. The standard InChI is InChI=1S/C13H21N3.2ClH/c1-13(2,3)10-8-15-12(16-9-10)11-6-4-5-7-14-11;;/h8-9,11,14H,4-7H2,1-3H3;2*1H. The Bertz CT molecular complexity index is 340. The van der Waals surface area contributed by atoms with Crippen molar-refractivity contribution >= 4 is 24.8 Å². The van der Waals surface area contributed by atoms with Crippen LogP contribution in [0.4, 0.5) is 0 Å². The molecule has 0 radical (unpaired) electrons. The lowest BCUT2D eigenvalue weighted by atomic mass is 9.89. The number of hydrogen-bond acceptors (Lipinski definition) is 3. The zero-order chi connectivity index (χ0) is 11.6. The van der Waals surface area contributed by atoms with Crippen molar-refractivity contribution < 1.29 is 0 Å². The van der Waals surface area contributed by atoms with Crippen molar-refractivity contribution in [2.45, 2.75) is 51.5 Å². The van der Waals surface area contributed by atoms with E-state index < -0.39 is 0 Å². The minimum absolute atomic E-state index is 0. The molecule has 1 saturated heterocycles. The Morgan fingerprint density at radius 2 is 1.72 bits per heavy atom. The molecule has 1 aromatic rings. The lowest BCUT2D eigenvalue weighted by Crippen LogP contribution is -2.28. The van der Waals surface area contributed by atoms with Crippen molar-refractivity contribution in [2.24, 2.45) is 0 Å². The molecule has 0 spiro atoms. The Labute approximate surface area is 122 Å². The first-order chi connectivity index (χ1) is 7.57. The Morgan fingerprint density at radius 1 is 1.11 bits per heavy atom. The zero-order valence-corrected chi connectivity index (χ0v) is 12.9.